The summed E-state index contributed by atoms with van der Waals surface area (Å²) in [6.45, 7) is 2.04. The summed E-state index contributed by atoms with van der Waals surface area (Å²) in [7, 11) is 0. The third kappa shape index (κ3) is 5.27. The maximum Gasteiger partial charge on any atom is 0.416 e. The molecule has 1 atom stereocenters. The molecule has 10 heteroatoms. The van der Waals surface area contributed by atoms with Crippen LogP contribution >= 0.6 is 35.4 Å². The van der Waals surface area contributed by atoms with Gasteiger partial charge in [0, 0.05) is 5.69 Å². The first-order valence-electron chi connectivity index (χ1n) is 12.1. The van der Waals surface area contributed by atoms with Crippen LogP contribution in [0.1, 0.15) is 23.6 Å². The largest absolute Gasteiger partial charge is 0.505 e. The molecular weight excluding hydrogens is 578 g/mol. The van der Waals surface area contributed by atoms with Gasteiger partial charge < -0.3 is 15.3 Å². The monoisotopic (exact) mass is 599 g/mol. The van der Waals surface area contributed by atoms with E-state index < -0.39 is 17.3 Å². The van der Waals surface area contributed by atoms with Crippen LogP contribution in [-0.4, -0.2) is 16.1 Å². The molecule has 1 aliphatic heterocycles. The Morgan fingerprint density at radius 2 is 1.48 bits per heavy atom. The smallest absolute Gasteiger partial charge is 0.416 e. The second-order valence-corrected chi connectivity index (χ2v) is 10.6. The van der Waals surface area contributed by atoms with Crippen LogP contribution in [0.15, 0.2) is 96.0 Å². The van der Waals surface area contributed by atoms with Crippen molar-refractivity contribution in [3.63, 3.8) is 0 Å². The Kier molecular flexibility index (Phi) is 7.52. The number of hydrogen-bond donors (Lipinski definition) is 2. The fraction of sp³-hybridized carbons (Fsp3) is 0.133. The van der Waals surface area contributed by atoms with Gasteiger partial charge in [-0.2, -0.15) is 13.2 Å². The normalized spacial score (nSPS) is 18.3. The molecule has 0 amide bonds. The van der Waals surface area contributed by atoms with E-state index in [-0.39, 0.29) is 22.3 Å². The molecule has 0 spiro atoms. The number of phenols is 1. The molecule has 1 unspecified atom stereocenters. The number of phenolic OH excluding ortho intramolecular Hbond substituents is 1. The molecule has 5 rings (SSSR count). The van der Waals surface area contributed by atoms with Gasteiger partial charge in [-0.05, 0) is 65.7 Å². The van der Waals surface area contributed by atoms with Crippen LogP contribution in [0, 0.1) is 0 Å². The number of aromatic hydroxyl groups is 1. The summed E-state index contributed by atoms with van der Waals surface area (Å²) in [4.78, 5) is 6.57. The summed E-state index contributed by atoms with van der Waals surface area (Å²) in [5.74, 6) is 0.250. The number of anilines is 1. The van der Waals surface area contributed by atoms with E-state index in [9.17, 15) is 18.3 Å². The van der Waals surface area contributed by atoms with E-state index in [4.69, 9.17) is 40.4 Å². The van der Waals surface area contributed by atoms with Crippen molar-refractivity contribution in [2.45, 2.75) is 25.2 Å². The topological polar surface area (TPSA) is 47.9 Å². The summed E-state index contributed by atoms with van der Waals surface area (Å²) in [5.41, 5.74) is 2.35. The lowest BCUT2D eigenvalue weighted by atomic mass is 9.88. The minimum absolute atomic E-state index is 0.0576. The van der Waals surface area contributed by atoms with Crippen LogP contribution in [0.4, 0.5) is 18.9 Å². The average Bonchev–Trinajstić information content (AvgIpc) is 3.20. The van der Waals surface area contributed by atoms with Crippen LogP contribution < -0.4 is 10.2 Å². The third-order valence-corrected chi connectivity index (χ3v) is 7.71. The number of benzene rings is 4. The van der Waals surface area contributed by atoms with Crippen LogP contribution in [0.5, 0.6) is 5.75 Å². The number of amidine groups is 1. The van der Waals surface area contributed by atoms with Crippen molar-refractivity contribution < 1.29 is 18.3 Å². The van der Waals surface area contributed by atoms with E-state index in [2.05, 4.69) is 5.32 Å². The minimum Gasteiger partial charge on any atom is -0.505 e. The number of thiocarbonyl (C=S) groups is 1. The average molecular weight is 600 g/mol. The van der Waals surface area contributed by atoms with Crippen molar-refractivity contribution in [1.82, 2.24) is 5.32 Å². The summed E-state index contributed by atoms with van der Waals surface area (Å²) in [6.07, 6.45) is -4.42. The number of alkyl halides is 3. The maximum absolute atomic E-state index is 13.0. The highest BCUT2D eigenvalue weighted by atomic mass is 35.5. The Hall–Kier alpha value is -3.59. The molecule has 1 fully saturated rings. The molecule has 204 valence electrons. The molecular formula is C30H22Cl2F3N3OS. The second kappa shape index (κ2) is 10.8. The minimum atomic E-state index is -4.42. The van der Waals surface area contributed by atoms with E-state index >= 15 is 0 Å². The Morgan fingerprint density at radius 1 is 0.900 bits per heavy atom. The van der Waals surface area contributed by atoms with Crippen LogP contribution in [0.25, 0.3) is 11.1 Å². The van der Waals surface area contributed by atoms with Gasteiger partial charge >= 0.3 is 6.18 Å². The standard InChI is InChI=1S/C30H22Cl2F3N3OS/c1-29(21-13-9-20(10-14-21)19-5-3-2-4-6-19)27(36-17-18-7-11-22(12-8-18)30(33,34)35)37-28(40)38(29)23-15-24(31)26(39)25(32)16-23/h2-16,39H,17H2,1H3,(H,36,37,40). The van der Waals surface area contributed by atoms with Gasteiger partial charge in [-0.3, -0.25) is 4.99 Å². The molecule has 1 heterocycles. The number of nitrogens with one attached hydrogen (secondary N) is 1. The Bertz CT molecular complexity index is 1570. The molecule has 0 radical (unpaired) electrons. The van der Waals surface area contributed by atoms with Crippen molar-refractivity contribution in [3.8, 4) is 16.9 Å². The Labute approximate surface area is 244 Å². The van der Waals surface area contributed by atoms with Gasteiger partial charge in [0.2, 0.25) is 0 Å². The molecule has 0 bridgehead atoms. The zero-order chi connectivity index (χ0) is 28.7. The molecule has 0 saturated carbocycles. The van der Waals surface area contributed by atoms with Gasteiger partial charge in [0.1, 0.15) is 11.4 Å². The summed E-state index contributed by atoms with van der Waals surface area (Å²) >= 11 is 18.2. The zero-order valence-electron chi connectivity index (χ0n) is 21.0. The predicted molar refractivity (Wildman–Crippen MR) is 158 cm³/mol. The van der Waals surface area contributed by atoms with Gasteiger partial charge in [0.15, 0.2) is 10.9 Å². The van der Waals surface area contributed by atoms with Crippen molar-refractivity contribution in [3.05, 3.63) is 118 Å². The number of aliphatic imine (C=N–C) groups is 1. The third-order valence-electron chi connectivity index (χ3n) is 6.85. The molecule has 0 aliphatic carbocycles. The lowest BCUT2D eigenvalue weighted by Crippen LogP contribution is -2.44. The summed E-state index contributed by atoms with van der Waals surface area (Å²) < 4.78 is 39.0. The fourth-order valence-electron chi connectivity index (χ4n) is 4.69. The molecule has 1 aliphatic rings. The SMILES string of the molecule is CC1(c2ccc(-c3ccccc3)cc2)C(=NCc2ccc(C(F)(F)F)cc2)NC(=S)N1c1cc(Cl)c(O)c(Cl)c1. The van der Waals surface area contributed by atoms with Crippen molar-refractivity contribution >= 4 is 52.1 Å². The van der Waals surface area contributed by atoms with Crippen LogP contribution in [0.3, 0.4) is 0 Å². The number of nitrogens with zero attached hydrogens (tertiary/aromatic N) is 2. The number of hydrogen-bond acceptors (Lipinski definition) is 3. The first kappa shape index (κ1) is 28.0. The van der Waals surface area contributed by atoms with E-state index in [1.165, 1.54) is 12.1 Å². The summed E-state index contributed by atoms with van der Waals surface area (Å²) in [6, 6.07) is 25.9. The van der Waals surface area contributed by atoms with Gasteiger partial charge in [-0.25, -0.2) is 0 Å². The summed E-state index contributed by atoms with van der Waals surface area (Å²) in [5, 5.41) is 13.7. The zero-order valence-corrected chi connectivity index (χ0v) is 23.3. The molecule has 4 aromatic rings. The first-order chi connectivity index (χ1) is 19.0. The first-order valence-corrected chi connectivity index (χ1v) is 13.3. The van der Waals surface area contributed by atoms with E-state index in [0.29, 0.717) is 22.2 Å². The van der Waals surface area contributed by atoms with Gasteiger partial charge in [-0.15, -0.1) is 0 Å². The predicted octanol–water partition coefficient (Wildman–Crippen LogP) is 8.59. The van der Waals surface area contributed by atoms with Crippen LogP contribution in [0.2, 0.25) is 10.0 Å². The van der Waals surface area contributed by atoms with Crippen molar-refractivity contribution in [2.75, 3.05) is 4.90 Å². The Balaban J connectivity index is 1.58. The highest BCUT2D eigenvalue weighted by Gasteiger charge is 2.48. The highest BCUT2D eigenvalue weighted by Crippen LogP contribution is 2.43. The van der Waals surface area contributed by atoms with Crippen LogP contribution in [-0.2, 0) is 18.3 Å². The lowest BCUT2D eigenvalue weighted by Gasteiger charge is -2.35. The molecule has 0 aromatic heterocycles. The van der Waals surface area contributed by atoms with Crippen molar-refractivity contribution in [1.29, 1.82) is 0 Å². The van der Waals surface area contributed by atoms with E-state index in [1.807, 2.05) is 66.4 Å². The van der Waals surface area contributed by atoms with Crippen molar-refractivity contribution in [2.24, 2.45) is 4.99 Å². The lowest BCUT2D eigenvalue weighted by molar-refractivity contribution is -0.137. The maximum atomic E-state index is 13.0. The second-order valence-electron chi connectivity index (χ2n) is 9.40. The fourth-order valence-corrected chi connectivity index (χ4v) is 5.55. The van der Waals surface area contributed by atoms with Gasteiger partial charge in [-0.1, -0.05) is 89.9 Å². The van der Waals surface area contributed by atoms with Gasteiger partial charge in [0.25, 0.3) is 0 Å². The number of rotatable bonds is 5. The molecule has 40 heavy (non-hydrogen) atoms. The molecule has 4 aromatic carbocycles. The quantitative estimate of drug-likeness (QED) is 0.225. The highest BCUT2D eigenvalue weighted by molar-refractivity contribution is 7.80. The molecule has 1 saturated heterocycles. The van der Waals surface area contributed by atoms with Gasteiger partial charge in [0.05, 0.1) is 22.2 Å². The number of halogens is 5. The molecule has 2 N–H and O–H groups in total. The van der Waals surface area contributed by atoms with E-state index in [1.54, 1.807) is 12.1 Å². The Morgan fingerprint density at radius 3 is 2.05 bits per heavy atom. The molecule has 4 nitrogen and oxygen atoms in total. The van der Waals surface area contributed by atoms with E-state index in [0.717, 1.165) is 28.8 Å².